The van der Waals surface area contributed by atoms with E-state index in [-0.39, 0.29) is 30.3 Å². The maximum absolute atomic E-state index is 12.9. The van der Waals surface area contributed by atoms with Gasteiger partial charge >= 0.3 is 0 Å². The second-order valence-electron chi connectivity index (χ2n) is 7.77. The Labute approximate surface area is 188 Å². The van der Waals surface area contributed by atoms with Crippen molar-refractivity contribution in [3.05, 3.63) is 77.4 Å². The Morgan fingerprint density at radius 2 is 1.73 bits per heavy atom. The van der Waals surface area contributed by atoms with Crippen molar-refractivity contribution in [1.29, 1.82) is 0 Å². The second kappa shape index (κ2) is 8.73. The van der Waals surface area contributed by atoms with Gasteiger partial charge in [-0.05, 0) is 24.3 Å². The van der Waals surface area contributed by atoms with E-state index in [0.29, 0.717) is 43.0 Å². The minimum Gasteiger partial charge on any atom is -0.459 e. The monoisotopic (exact) mass is 446 g/mol. The van der Waals surface area contributed by atoms with Gasteiger partial charge < -0.3 is 14.2 Å². The van der Waals surface area contributed by atoms with Crippen LogP contribution < -0.4 is 5.56 Å². The summed E-state index contributed by atoms with van der Waals surface area (Å²) < 4.78 is 8.22. The average molecular weight is 446 g/mol. The Kier molecular flexibility index (Phi) is 5.47. The van der Waals surface area contributed by atoms with Crippen LogP contribution in [0.4, 0.5) is 0 Å². The predicted molar refractivity (Wildman–Crippen MR) is 119 cm³/mol. The first kappa shape index (κ1) is 20.7. The molecule has 168 valence electrons. The van der Waals surface area contributed by atoms with Gasteiger partial charge in [-0.15, -0.1) is 0 Å². The summed E-state index contributed by atoms with van der Waals surface area (Å²) >= 11 is 0. The number of rotatable bonds is 5. The van der Waals surface area contributed by atoms with Crippen molar-refractivity contribution >= 4 is 22.8 Å². The van der Waals surface area contributed by atoms with E-state index in [4.69, 9.17) is 4.42 Å². The van der Waals surface area contributed by atoms with Crippen LogP contribution in [0, 0.1) is 0 Å². The quantitative estimate of drug-likeness (QED) is 0.461. The molecule has 0 atom stereocenters. The number of carbonyl (C=O) groups excluding carboxylic acids is 2. The molecule has 1 aromatic carbocycles. The highest BCUT2D eigenvalue weighted by Gasteiger charge is 2.26. The smallest absolute Gasteiger partial charge is 0.289 e. The molecular weight excluding hydrogens is 424 g/mol. The molecule has 5 rings (SSSR count). The Morgan fingerprint density at radius 3 is 2.45 bits per heavy atom. The highest BCUT2D eigenvalue weighted by molar-refractivity contribution is 5.91. The fourth-order valence-electron chi connectivity index (χ4n) is 3.96. The molecule has 10 heteroatoms. The van der Waals surface area contributed by atoms with Crippen LogP contribution in [-0.4, -0.2) is 67.1 Å². The largest absolute Gasteiger partial charge is 0.459 e. The normalized spacial score (nSPS) is 14.1. The molecule has 1 aliphatic rings. The van der Waals surface area contributed by atoms with Gasteiger partial charge in [0.2, 0.25) is 5.91 Å². The first-order valence-corrected chi connectivity index (χ1v) is 10.7. The van der Waals surface area contributed by atoms with E-state index < -0.39 is 0 Å². The summed E-state index contributed by atoms with van der Waals surface area (Å²) in [4.78, 5) is 45.7. The van der Waals surface area contributed by atoms with Gasteiger partial charge in [-0.1, -0.05) is 18.2 Å². The zero-order chi connectivity index (χ0) is 22.8. The van der Waals surface area contributed by atoms with E-state index in [1.54, 1.807) is 26.6 Å². The maximum Gasteiger partial charge on any atom is 0.289 e. The number of hydrogen-bond acceptors (Lipinski definition) is 6. The van der Waals surface area contributed by atoms with Gasteiger partial charge in [0.1, 0.15) is 5.39 Å². The zero-order valence-corrected chi connectivity index (χ0v) is 17.8. The zero-order valence-electron chi connectivity index (χ0n) is 17.8. The lowest BCUT2D eigenvalue weighted by Crippen LogP contribution is -2.50. The molecule has 0 N–H and O–H groups in total. The topological polar surface area (TPSA) is 106 Å². The van der Waals surface area contributed by atoms with Crippen LogP contribution in [0.3, 0.4) is 0 Å². The van der Waals surface area contributed by atoms with Crippen LogP contribution in [0.15, 0.2) is 70.5 Å². The summed E-state index contributed by atoms with van der Waals surface area (Å²) in [5.74, 6) is 0.0637. The third kappa shape index (κ3) is 4.02. The van der Waals surface area contributed by atoms with Gasteiger partial charge in [0.25, 0.3) is 11.5 Å². The number of furan rings is 1. The number of aromatic nitrogens is 4. The summed E-state index contributed by atoms with van der Waals surface area (Å²) in [5, 5.41) is 4.70. The summed E-state index contributed by atoms with van der Waals surface area (Å²) in [6.07, 6.45) is 4.60. The molecule has 4 heterocycles. The number of hydrogen-bond donors (Lipinski definition) is 0. The second-order valence-corrected chi connectivity index (χ2v) is 7.77. The van der Waals surface area contributed by atoms with E-state index >= 15 is 0 Å². The van der Waals surface area contributed by atoms with Crippen molar-refractivity contribution in [3.8, 4) is 5.69 Å². The van der Waals surface area contributed by atoms with E-state index in [2.05, 4.69) is 10.1 Å². The van der Waals surface area contributed by atoms with Crippen molar-refractivity contribution in [1.82, 2.24) is 29.1 Å². The summed E-state index contributed by atoms with van der Waals surface area (Å²) in [6.45, 7) is 2.00. The number of para-hydroxylation sites is 1. The molecule has 33 heavy (non-hydrogen) atoms. The predicted octanol–water partition coefficient (Wildman–Crippen LogP) is 1.55. The summed E-state index contributed by atoms with van der Waals surface area (Å²) in [5.41, 5.74) is 1.06. The molecule has 1 fully saturated rings. The molecule has 0 aliphatic carbocycles. The highest BCUT2D eigenvalue weighted by Crippen LogP contribution is 2.14. The molecule has 1 saturated heterocycles. The Balaban J connectivity index is 1.21. The Morgan fingerprint density at radius 1 is 0.970 bits per heavy atom. The lowest BCUT2D eigenvalue weighted by atomic mass is 10.2. The van der Waals surface area contributed by atoms with Crippen LogP contribution in [0.5, 0.6) is 0 Å². The van der Waals surface area contributed by atoms with Crippen LogP contribution in [0.1, 0.15) is 17.0 Å². The lowest BCUT2D eigenvalue weighted by Gasteiger charge is -2.34. The van der Waals surface area contributed by atoms with E-state index in [0.717, 1.165) is 5.69 Å². The molecule has 3 aromatic heterocycles. The lowest BCUT2D eigenvalue weighted by molar-refractivity contribution is -0.132. The first-order chi connectivity index (χ1) is 16.1. The standard InChI is InChI=1S/C23H22N6O4/c30-20(26-10-12-27(13-11-26)23(32)19-7-4-14-33-19)8-9-28-16-24-21-18(22(28)31)15-25-29(21)17-5-2-1-3-6-17/h1-7,14-16H,8-13H2. The SMILES string of the molecule is O=C(CCn1cnc2c(cnn2-c2ccccc2)c1=O)N1CCN(C(=O)c2ccco2)CC1. The molecule has 0 radical (unpaired) electrons. The number of benzene rings is 1. The Hall–Kier alpha value is -4.21. The minimum absolute atomic E-state index is 0.0629. The maximum atomic E-state index is 12.9. The van der Waals surface area contributed by atoms with Gasteiger partial charge in [0.15, 0.2) is 11.4 Å². The van der Waals surface area contributed by atoms with Crippen molar-refractivity contribution in [3.63, 3.8) is 0 Å². The number of nitrogens with zero attached hydrogens (tertiary/aromatic N) is 6. The van der Waals surface area contributed by atoms with Gasteiger partial charge in [0, 0.05) is 39.1 Å². The summed E-state index contributed by atoms with van der Waals surface area (Å²) in [7, 11) is 0. The number of amides is 2. The molecule has 10 nitrogen and oxygen atoms in total. The Bertz CT molecular complexity index is 1330. The molecule has 0 bridgehead atoms. The van der Waals surface area contributed by atoms with Gasteiger partial charge in [-0.25, -0.2) is 9.67 Å². The third-order valence-electron chi connectivity index (χ3n) is 5.77. The first-order valence-electron chi connectivity index (χ1n) is 10.7. The average Bonchev–Trinajstić information content (AvgIpc) is 3.54. The van der Waals surface area contributed by atoms with E-state index in [9.17, 15) is 14.4 Å². The number of carbonyl (C=O) groups is 2. The molecule has 2 amide bonds. The van der Waals surface area contributed by atoms with E-state index in [1.165, 1.54) is 23.4 Å². The van der Waals surface area contributed by atoms with Crippen molar-refractivity contribution in [2.45, 2.75) is 13.0 Å². The number of aryl methyl sites for hydroxylation is 1. The van der Waals surface area contributed by atoms with Gasteiger partial charge in [-0.2, -0.15) is 5.10 Å². The van der Waals surface area contributed by atoms with Crippen molar-refractivity contribution < 1.29 is 14.0 Å². The highest BCUT2D eigenvalue weighted by atomic mass is 16.3. The van der Waals surface area contributed by atoms with E-state index in [1.807, 2.05) is 30.3 Å². The van der Waals surface area contributed by atoms with Gasteiger partial charge in [0.05, 0.1) is 24.5 Å². The van der Waals surface area contributed by atoms with Crippen LogP contribution in [-0.2, 0) is 11.3 Å². The van der Waals surface area contributed by atoms with Crippen molar-refractivity contribution in [2.75, 3.05) is 26.2 Å². The molecule has 0 unspecified atom stereocenters. The fourth-order valence-corrected chi connectivity index (χ4v) is 3.96. The number of piperazine rings is 1. The van der Waals surface area contributed by atoms with Crippen LogP contribution in [0.2, 0.25) is 0 Å². The molecule has 1 aliphatic heterocycles. The molecule has 4 aromatic rings. The van der Waals surface area contributed by atoms with Gasteiger partial charge in [-0.3, -0.25) is 19.0 Å². The molecule has 0 saturated carbocycles. The fraction of sp³-hybridized carbons (Fsp3) is 0.261. The minimum atomic E-state index is -0.233. The van der Waals surface area contributed by atoms with Crippen molar-refractivity contribution in [2.24, 2.45) is 0 Å². The number of fused-ring (bicyclic) bond motifs is 1. The molecule has 0 spiro atoms. The third-order valence-corrected chi connectivity index (χ3v) is 5.77. The summed E-state index contributed by atoms with van der Waals surface area (Å²) in [6, 6.07) is 12.8. The molecular formula is C23H22N6O4. The van der Waals surface area contributed by atoms with Crippen LogP contribution >= 0.6 is 0 Å². The van der Waals surface area contributed by atoms with Crippen LogP contribution in [0.25, 0.3) is 16.7 Å².